The first-order chi connectivity index (χ1) is 12.0. The zero-order valence-electron chi connectivity index (χ0n) is 13.9. The number of nitrogens with zero attached hydrogens (tertiary/aromatic N) is 3. The number of hydrogen-bond acceptors (Lipinski definition) is 4. The quantitative estimate of drug-likeness (QED) is 0.832. The van der Waals surface area contributed by atoms with E-state index >= 15 is 0 Å². The van der Waals surface area contributed by atoms with E-state index in [4.69, 9.17) is 12.2 Å². The zero-order chi connectivity index (χ0) is 17.8. The molecular weight excluding hydrogens is 359 g/mol. The van der Waals surface area contributed by atoms with E-state index in [1.165, 1.54) is 17.4 Å². The highest BCUT2D eigenvalue weighted by molar-refractivity contribution is 7.80. The molecule has 0 atom stereocenters. The summed E-state index contributed by atoms with van der Waals surface area (Å²) >= 11 is 6.88. The van der Waals surface area contributed by atoms with Crippen LogP contribution in [0.5, 0.6) is 0 Å². The van der Waals surface area contributed by atoms with Crippen molar-refractivity contribution in [2.24, 2.45) is 0 Å². The first kappa shape index (κ1) is 17.8. The maximum absolute atomic E-state index is 13.7. The van der Waals surface area contributed by atoms with Gasteiger partial charge in [-0.05, 0) is 31.3 Å². The van der Waals surface area contributed by atoms with Crippen LogP contribution in [0.4, 0.5) is 10.1 Å². The summed E-state index contributed by atoms with van der Waals surface area (Å²) in [5.74, 6) is -0.251. The molecule has 3 rings (SSSR count). The Kier molecular flexibility index (Phi) is 5.60. The second kappa shape index (κ2) is 7.88. The number of carbonyl (C=O) groups is 1. The fourth-order valence-corrected chi connectivity index (χ4v) is 3.70. The lowest BCUT2D eigenvalue weighted by Gasteiger charge is -2.36. The number of aromatic nitrogens is 1. The van der Waals surface area contributed by atoms with Gasteiger partial charge >= 0.3 is 0 Å². The van der Waals surface area contributed by atoms with Gasteiger partial charge in [0.25, 0.3) is 0 Å². The van der Waals surface area contributed by atoms with Crippen LogP contribution in [-0.4, -0.2) is 52.0 Å². The van der Waals surface area contributed by atoms with E-state index < -0.39 is 0 Å². The van der Waals surface area contributed by atoms with Gasteiger partial charge in [0.15, 0.2) is 5.11 Å². The first-order valence-electron chi connectivity index (χ1n) is 8.02. The van der Waals surface area contributed by atoms with E-state index in [0.29, 0.717) is 43.4 Å². The van der Waals surface area contributed by atoms with Gasteiger partial charge in [-0.15, -0.1) is 11.3 Å². The molecule has 1 saturated heterocycles. The number of rotatable bonds is 3. The van der Waals surface area contributed by atoms with Gasteiger partial charge in [0, 0.05) is 37.3 Å². The van der Waals surface area contributed by atoms with Crippen molar-refractivity contribution in [3.8, 4) is 0 Å². The molecule has 1 N–H and O–H groups in total. The van der Waals surface area contributed by atoms with E-state index in [-0.39, 0.29) is 11.7 Å². The number of nitrogens with one attached hydrogen (secondary N) is 1. The Morgan fingerprint density at radius 3 is 2.60 bits per heavy atom. The van der Waals surface area contributed by atoms with Crippen molar-refractivity contribution in [2.45, 2.75) is 13.3 Å². The van der Waals surface area contributed by atoms with Gasteiger partial charge in [-0.1, -0.05) is 12.1 Å². The summed E-state index contributed by atoms with van der Waals surface area (Å²) in [6.45, 7) is 4.38. The first-order valence-corrected chi connectivity index (χ1v) is 9.31. The number of para-hydroxylation sites is 1. The van der Waals surface area contributed by atoms with Crippen LogP contribution in [0, 0.1) is 12.7 Å². The fraction of sp³-hybridized carbons (Fsp3) is 0.353. The molecule has 0 aliphatic carbocycles. The molecule has 0 unspecified atom stereocenters. The number of thiazole rings is 1. The predicted octanol–water partition coefficient (Wildman–Crippen LogP) is 2.67. The average molecular weight is 378 g/mol. The molecule has 132 valence electrons. The van der Waals surface area contributed by atoms with Gasteiger partial charge in [-0.3, -0.25) is 4.79 Å². The molecular formula is C17H19FN4OS2. The van der Waals surface area contributed by atoms with Crippen molar-refractivity contribution in [1.82, 2.24) is 14.8 Å². The van der Waals surface area contributed by atoms with Crippen molar-refractivity contribution >= 4 is 40.3 Å². The smallest absolute Gasteiger partial charge is 0.229 e. The number of thiocarbonyl (C=S) groups is 1. The zero-order valence-corrected chi connectivity index (χ0v) is 15.5. The van der Waals surface area contributed by atoms with E-state index in [1.807, 2.05) is 22.1 Å². The number of benzene rings is 1. The SMILES string of the molecule is Cc1csc(CC(=O)N2CCN(C(=S)Nc3ccccc3F)CC2)n1. The fourth-order valence-electron chi connectivity index (χ4n) is 2.64. The number of halogens is 1. The molecule has 1 aromatic carbocycles. The van der Waals surface area contributed by atoms with Crippen molar-refractivity contribution in [2.75, 3.05) is 31.5 Å². The molecule has 0 saturated carbocycles. The normalized spacial score (nSPS) is 14.5. The number of aryl methyl sites for hydroxylation is 1. The van der Waals surface area contributed by atoms with Crippen LogP contribution in [0.25, 0.3) is 0 Å². The molecule has 2 aromatic rings. The minimum atomic E-state index is -0.336. The number of amides is 1. The maximum Gasteiger partial charge on any atom is 0.229 e. The number of anilines is 1. The average Bonchev–Trinajstić information content (AvgIpc) is 3.02. The Labute approximate surface area is 155 Å². The lowest BCUT2D eigenvalue weighted by molar-refractivity contribution is -0.131. The summed E-state index contributed by atoms with van der Waals surface area (Å²) < 4.78 is 13.7. The van der Waals surface area contributed by atoms with Crippen LogP contribution < -0.4 is 5.32 Å². The molecule has 0 spiro atoms. The predicted molar refractivity (Wildman–Crippen MR) is 101 cm³/mol. The molecule has 0 bridgehead atoms. The molecule has 8 heteroatoms. The standard InChI is InChI=1S/C17H19FN4OS2/c1-12-11-25-15(19-12)10-16(23)21-6-8-22(9-7-21)17(24)20-14-5-3-2-4-13(14)18/h2-5,11H,6-10H2,1H3,(H,20,24). The summed E-state index contributed by atoms with van der Waals surface area (Å²) in [4.78, 5) is 20.5. The molecule has 25 heavy (non-hydrogen) atoms. The molecule has 1 aliphatic rings. The van der Waals surface area contributed by atoms with Gasteiger partial charge in [-0.25, -0.2) is 9.37 Å². The Hall–Kier alpha value is -2.06. The Bertz CT molecular complexity index is 772. The summed E-state index contributed by atoms with van der Waals surface area (Å²) in [6, 6.07) is 6.43. The van der Waals surface area contributed by atoms with E-state index in [0.717, 1.165) is 10.7 Å². The van der Waals surface area contributed by atoms with Crippen LogP contribution in [0.15, 0.2) is 29.6 Å². The van der Waals surface area contributed by atoms with E-state index in [1.54, 1.807) is 18.2 Å². The molecule has 1 aromatic heterocycles. The Balaban J connectivity index is 1.50. The summed E-state index contributed by atoms with van der Waals surface area (Å²) in [6.07, 6.45) is 0.344. The highest BCUT2D eigenvalue weighted by atomic mass is 32.1. The maximum atomic E-state index is 13.7. The van der Waals surface area contributed by atoms with E-state index in [2.05, 4.69) is 10.3 Å². The molecule has 2 heterocycles. The van der Waals surface area contributed by atoms with Crippen molar-refractivity contribution < 1.29 is 9.18 Å². The number of hydrogen-bond donors (Lipinski definition) is 1. The van der Waals surface area contributed by atoms with Crippen LogP contribution in [0.1, 0.15) is 10.7 Å². The molecule has 0 radical (unpaired) electrons. The highest BCUT2D eigenvalue weighted by Crippen LogP contribution is 2.15. The van der Waals surface area contributed by atoms with Crippen molar-refractivity contribution in [3.63, 3.8) is 0 Å². The molecule has 5 nitrogen and oxygen atoms in total. The second-order valence-electron chi connectivity index (χ2n) is 5.84. The van der Waals surface area contributed by atoms with Crippen LogP contribution in [0.3, 0.4) is 0 Å². The minimum absolute atomic E-state index is 0.0852. The molecule has 1 amide bonds. The van der Waals surface area contributed by atoms with Gasteiger partial charge < -0.3 is 15.1 Å². The van der Waals surface area contributed by atoms with Gasteiger partial charge in [-0.2, -0.15) is 0 Å². The van der Waals surface area contributed by atoms with Crippen LogP contribution >= 0.6 is 23.6 Å². The lowest BCUT2D eigenvalue weighted by Crippen LogP contribution is -2.52. The third kappa shape index (κ3) is 4.52. The van der Waals surface area contributed by atoms with Crippen LogP contribution in [-0.2, 0) is 11.2 Å². The van der Waals surface area contributed by atoms with Gasteiger partial charge in [0.2, 0.25) is 5.91 Å². The van der Waals surface area contributed by atoms with Gasteiger partial charge in [0.1, 0.15) is 10.8 Å². The topological polar surface area (TPSA) is 48.5 Å². The minimum Gasteiger partial charge on any atom is -0.345 e. The number of carbonyl (C=O) groups excluding carboxylic acids is 1. The molecule has 1 aliphatic heterocycles. The van der Waals surface area contributed by atoms with Gasteiger partial charge in [0.05, 0.1) is 12.1 Å². The lowest BCUT2D eigenvalue weighted by atomic mass is 10.3. The largest absolute Gasteiger partial charge is 0.345 e. The Morgan fingerprint density at radius 1 is 1.28 bits per heavy atom. The third-order valence-electron chi connectivity index (χ3n) is 4.00. The van der Waals surface area contributed by atoms with Crippen molar-refractivity contribution in [1.29, 1.82) is 0 Å². The Morgan fingerprint density at radius 2 is 1.96 bits per heavy atom. The monoisotopic (exact) mass is 378 g/mol. The van der Waals surface area contributed by atoms with E-state index in [9.17, 15) is 9.18 Å². The summed E-state index contributed by atoms with van der Waals surface area (Å²) in [7, 11) is 0. The third-order valence-corrected chi connectivity index (χ3v) is 5.33. The second-order valence-corrected chi connectivity index (χ2v) is 7.17. The summed E-state index contributed by atoms with van der Waals surface area (Å²) in [5.41, 5.74) is 1.31. The molecule has 1 fully saturated rings. The van der Waals surface area contributed by atoms with Crippen LogP contribution in [0.2, 0.25) is 0 Å². The van der Waals surface area contributed by atoms with Crippen molar-refractivity contribution in [3.05, 3.63) is 46.2 Å². The summed E-state index contributed by atoms with van der Waals surface area (Å²) in [5, 5.41) is 6.22. The highest BCUT2D eigenvalue weighted by Gasteiger charge is 2.23. The number of piperazine rings is 1.